The van der Waals surface area contributed by atoms with E-state index in [1.165, 1.54) is 0 Å². The second-order valence-electron chi connectivity index (χ2n) is 5.03. The van der Waals surface area contributed by atoms with Crippen LogP contribution in [0.4, 0.5) is 0 Å². The molecule has 0 aliphatic rings. The first kappa shape index (κ1) is 16.1. The number of rotatable bonds is 8. The summed E-state index contributed by atoms with van der Waals surface area (Å²) in [6.45, 7) is 2.80. The molecule has 1 heterocycles. The van der Waals surface area contributed by atoms with Gasteiger partial charge < -0.3 is 14.5 Å². The van der Waals surface area contributed by atoms with Crippen molar-refractivity contribution < 1.29 is 13.9 Å². The monoisotopic (exact) mass is 302 g/mol. The molecule has 22 heavy (non-hydrogen) atoms. The Kier molecular flexibility index (Phi) is 6.03. The second kappa shape index (κ2) is 8.24. The lowest BCUT2D eigenvalue weighted by Crippen LogP contribution is -2.35. The minimum Gasteiger partial charge on any atom is -0.496 e. The molecule has 0 saturated carbocycles. The van der Waals surface area contributed by atoms with Gasteiger partial charge in [0.25, 0.3) is 0 Å². The van der Waals surface area contributed by atoms with Gasteiger partial charge in [-0.2, -0.15) is 0 Å². The summed E-state index contributed by atoms with van der Waals surface area (Å²) in [7, 11) is 1.65. The van der Waals surface area contributed by atoms with Crippen molar-refractivity contribution in [2.45, 2.75) is 19.4 Å². The van der Waals surface area contributed by atoms with E-state index in [2.05, 4.69) is 10.6 Å². The molecule has 0 spiro atoms. The van der Waals surface area contributed by atoms with Crippen LogP contribution in [0.1, 0.15) is 24.3 Å². The van der Waals surface area contributed by atoms with Gasteiger partial charge in [-0.15, -0.1) is 0 Å². The van der Waals surface area contributed by atoms with Crippen LogP contribution in [0.25, 0.3) is 0 Å². The predicted molar refractivity (Wildman–Crippen MR) is 84.8 cm³/mol. The van der Waals surface area contributed by atoms with E-state index in [4.69, 9.17) is 9.15 Å². The summed E-state index contributed by atoms with van der Waals surface area (Å²) in [5.74, 6) is 1.64. The highest BCUT2D eigenvalue weighted by Gasteiger charge is 2.09. The van der Waals surface area contributed by atoms with Gasteiger partial charge in [-0.05, 0) is 37.1 Å². The third kappa shape index (κ3) is 4.63. The maximum absolute atomic E-state index is 11.8. The van der Waals surface area contributed by atoms with Crippen LogP contribution in [0.2, 0.25) is 0 Å². The summed E-state index contributed by atoms with van der Waals surface area (Å²) in [6, 6.07) is 11.5. The van der Waals surface area contributed by atoms with Gasteiger partial charge in [-0.1, -0.05) is 18.2 Å². The Balaban J connectivity index is 1.69. The van der Waals surface area contributed by atoms with Gasteiger partial charge in [0.2, 0.25) is 5.91 Å². The lowest BCUT2D eigenvalue weighted by atomic mass is 10.1. The van der Waals surface area contributed by atoms with Gasteiger partial charge in [-0.3, -0.25) is 10.1 Å². The molecule has 2 N–H and O–H groups in total. The summed E-state index contributed by atoms with van der Waals surface area (Å²) in [5.41, 5.74) is 1.09. The molecule has 0 bridgehead atoms. The molecule has 5 nitrogen and oxygen atoms in total. The molecule has 0 aliphatic carbocycles. The Bertz CT molecular complexity index is 581. The largest absolute Gasteiger partial charge is 0.496 e. The van der Waals surface area contributed by atoms with Crippen molar-refractivity contribution >= 4 is 5.91 Å². The third-order valence-corrected chi connectivity index (χ3v) is 3.45. The lowest BCUT2D eigenvalue weighted by Gasteiger charge is -2.12. The van der Waals surface area contributed by atoms with Crippen LogP contribution < -0.4 is 15.4 Å². The Morgan fingerprint density at radius 1 is 1.27 bits per heavy atom. The van der Waals surface area contributed by atoms with Crippen LogP contribution in [-0.2, 0) is 11.2 Å². The zero-order chi connectivity index (χ0) is 15.8. The molecule has 1 aromatic heterocycles. The predicted octanol–water partition coefficient (Wildman–Crippen LogP) is 2.30. The molecule has 0 radical (unpaired) electrons. The van der Waals surface area contributed by atoms with Gasteiger partial charge >= 0.3 is 0 Å². The van der Waals surface area contributed by atoms with E-state index in [-0.39, 0.29) is 18.5 Å². The summed E-state index contributed by atoms with van der Waals surface area (Å²) in [4.78, 5) is 11.8. The average molecular weight is 302 g/mol. The van der Waals surface area contributed by atoms with Gasteiger partial charge in [0.05, 0.1) is 26.0 Å². The number of hydrogen-bond acceptors (Lipinski definition) is 4. The van der Waals surface area contributed by atoms with E-state index < -0.39 is 0 Å². The molecule has 1 aromatic carbocycles. The van der Waals surface area contributed by atoms with E-state index in [1.807, 2.05) is 43.3 Å². The molecular formula is C17H22N2O3. The van der Waals surface area contributed by atoms with Crippen molar-refractivity contribution in [1.29, 1.82) is 0 Å². The highest BCUT2D eigenvalue weighted by Crippen LogP contribution is 2.17. The number of methoxy groups -OCH3 is 1. The Morgan fingerprint density at radius 3 is 2.82 bits per heavy atom. The SMILES string of the molecule is COc1ccccc1CCNC(=O)CN[C@@H](C)c1ccco1. The second-order valence-corrected chi connectivity index (χ2v) is 5.03. The zero-order valence-electron chi connectivity index (χ0n) is 13.0. The number of carbonyl (C=O) groups excluding carboxylic acids is 1. The van der Waals surface area contributed by atoms with Crippen LogP contribution in [-0.4, -0.2) is 26.1 Å². The summed E-state index contributed by atoms with van der Waals surface area (Å²) in [6.07, 6.45) is 2.37. The number of hydrogen-bond donors (Lipinski definition) is 2. The van der Waals surface area contributed by atoms with Gasteiger partial charge in [-0.25, -0.2) is 0 Å². The number of carbonyl (C=O) groups is 1. The Morgan fingerprint density at radius 2 is 2.09 bits per heavy atom. The highest BCUT2D eigenvalue weighted by molar-refractivity contribution is 5.78. The average Bonchev–Trinajstić information content (AvgIpc) is 3.07. The molecule has 2 aromatic rings. The first-order chi connectivity index (χ1) is 10.7. The fourth-order valence-electron chi connectivity index (χ4n) is 2.19. The fourth-order valence-corrected chi connectivity index (χ4v) is 2.19. The lowest BCUT2D eigenvalue weighted by molar-refractivity contribution is -0.120. The smallest absolute Gasteiger partial charge is 0.233 e. The van der Waals surface area contributed by atoms with Crippen molar-refractivity contribution in [2.24, 2.45) is 0 Å². The molecule has 0 fully saturated rings. The summed E-state index contributed by atoms with van der Waals surface area (Å²) >= 11 is 0. The molecule has 0 unspecified atom stereocenters. The molecule has 0 saturated heterocycles. The molecule has 5 heteroatoms. The number of para-hydroxylation sites is 1. The van der Waals surface area contributed by atoms with Crippen molar-refractivity contribution in [3.63, 3.8) is 0 Å². The standard InChI is InChI=1S/C17H22N2O3/c1-13(15-8-5-11-22-15)19-12-17(20)18-10-9-14-6-3-4-7-16(14)21-2/h3-8,11,13,19H,9-10,12H2,1-2H3,(H,18,20)/t13-/m0/s1. The van der Waals surface area contributed by atoms with E-state index in [0.717, 1.165) is 23.5 Å². The van der Waals surface area contributed by atoms with E-state index in [1.54, 1.807) is 13.4 Å². The van der Waals surface area contributed by atoms with Crippen LogP contribution in [0.3, 0.4) is 0 Å². The van der Waals surface area contributed by atoms with Crippen molar-refractivity contribution in [1.82, 2.24) is 10.6 Å². The van der Waals surface area contributed by atoms with E-state index in [9.17, 15) is 4.79 Å². The van der Waals surface area contributed by atoms with E-state index in [0.29, 0.717) is 6.54 Å². The normalized spacial score (nSPS) is 11.9. The van der Waals surface area contributed by atoms with Crippen LogP contribution >= 0.6 is 0 Å². The summed E-state index contributed by atoms with van der Waals surface area (Å²) < 4.78 is 10.6. The molecule has 2 rings (SSSR count). The van der Waals surface area contributed by atoms with Crippen molar-refractivity contribution in [3.8, 4) is 5.75 Å². The van der Waals surface area contributed by atoms with Crippen molar-refractivity contribution in [3.05, 3.63) is 54.0 Å². The first-order valence-electron chi connectivity index (χ1n) is 7.36. The minimum absolute atomic E-state index is 0.00923. The van der Waals surface area contributed by atoms with Gasteiger partial charge in [0, 0.05) is 6.54 Å². The van der Waals surface area contributed by atoms with Crippen molar-refractivity contribution in [2.75, 3.05) is 20.2 Å². The maximum Gasteiger partial charge on any atom is 0.233 e. The molecule has 0 aliphatic heterocycles. The quantitative estimate of drug-likeness (QED) is 0.785. The molecular weight excluding hydrogens is 280 g/mol. The summed E-state index contributed by atoms with van der Waals surface area (Å²) in [5, 5.41) is 6.02. The number of furan rings is 1. The number of amides is 1. The third-order valence-electron chi connectivity index (χ3n) is 3.45. The van der Waals surface area contributed by atoms with Gasteiger partial charge in [0.1, 0.15) is 11.5 Å². The number of nitrogens with one attached hydrogen (secondary N) is 2. The van der Waals surface area contributed by atoms with Gasteiger partial charge in [0.15, 0.2) is 0 Å². The Labute approximate surface area is 130 Å². The van der Waals surface area contributed by atoms with E-state index >= 15 is 0 Å². The Hall–Kier alpha value is -2.27. The minimum atomic E-state index is -0.0340. The van der Waals surface area contributed by atoms with Crippen LogP contribution in [0.5, 0.6) is 5.75 Å². The molecule has 1 atom stereocenters. The maximum atomic E-state index is 11.8. The first-order valence-corrected chi connectivity index (χ1v) is 7.36. The zero-order valence-corrected chi connectivity index (χ0v) is 13.0. The highest BCUT2D eigenvalue weighted by atomic mass is 16.5. The molecule has 118 valence electrons. The molecule has 1 amide bonds. The number of ether oxygens (including phenoxy) is 1. The van der Waals surface area contributed by atoms with Crippen LogP contribution in [0, 0.1) is 0 Å². The van der Waals surface area contributed by atoms with Crippen LogP contribution in [0.15, 0.2) is 47.1 Å². The topological polar surface area (TPSA) is 63.5 Å². The fraction of sp³-hybridized carbons (Fsp3) is 0.353. The number of benzene rings is 1.